The van der Waals surface area contributed by atoms with Crippen molar-refractivity contribution >= 4 is 70.1 Å². The van der Waals surface area contributed by atoms with Gasteiger partial charge in [0.25, 0.3) is 0 Å². The zero-order chi connectivity index (χ0) is 23.9. The third-order valence-electron chi connectivity index (χ3n) is 3.23. The number of nitrogens with two attached hydrogens (primary N) is 1. The molecule has 0 saturated carbocycles. The lowest BCUT2D eigenvalue weighted by Gasteiger charge is -2.21. The monoisotopic (exact) mass is 581 g/mol. The van der Waals surface area contributed by atoms with Gasteiger partial charge in [-0.25, -0.2) is 9.78 Å². The van der Waals surface area contributed by atoms with Crippen LogP contribution >= 0.6 is 41.7 Å². The Morgan fingerprint density at radius 1 is 1.39 bits per heavy atom. The van der Waals surface area contributed by atoms with Crippen molar-refractivity contribution in [2.75, 3.05) is 13.6 Å². The average molecular weight is 582 g/mol. The molecule has 31 heavy (non-hydrogen) atoms. The van der Waals surface area contributed by atoms with Gasteiger partial charge in [-0.3, -0.25) is 4.79 Å². The number of alkyl carbamates (subject to hydrolysis) is 1. The third kappa shape index (κ3) is 13.6. The number of rotatable bonds is 6. The van der Waals surface area contributed by atoms with Crippen LogP contribution in [0, 0.1) is 0 Å². The van der Waals surface area contributed by atoms with E-state index >= 15 is 0 Å². The summed E-state index contributed by atoms with van der Waals surface area (Å²) in [7, 11) is 3.28. The number of hydrogen-bond donors (Lipinski definition) is 3. The van der Waals surface area contributed by atoms with Crippen molar-refractivity contribution in [3.05, 3.63) is 29.3 Å². The molecule has 0 spiro atoms. The summed E-state index contributed by atoms with van der Waals surface area (Å²) < 4.78 is 9.61. The summed E-state index contributed by atoms with van der Waals surface area (Å²) in [6.45, 7) is 10.2. The SMILES string of the molecule is CC(NC(=O)OC(C)(C)C)C(=O)c1nc2ccccc2s1.CCCNC.N/C=N/SI. The summed E-state index contributed by atoms with van der Waals surface area (Å²) in [5.41, 5.74) is 5.01. The van der Waals surface area contributed by atoms with E-state index in [1.54, 1.807) is 27.7 Å². The highest BCUT2D eigenvalue weighted by molar-refractivity contribution is 14.2. The predicted octanol–water partition coefficient (Wildman–Crippen LogP) is 4.98. The lowest BCUT2D eigenvalue weighted by molar-refractivity contribution is 0.0497. The lowest BCUT2D eigenvalue weighted by Crippen LogP contribution is -2.41. The summed E-state index contributed by atoms with van der Waals surface area (Å²) in [6, 6.07) is 6.86. The van der Waals surface area contributed by atoms with Crippen molar-refractivity contribution in [3.8, 4) is 0 Å². The number of halogens is 1. The standard InChI is InChI=1S/C15H18N2O3S.C4H11N.CH3IN2S/c1-9(16-14(19)20-15(2,3)4)12(18)13-17-10-7-5-6-8-11(10)21-13;1-3-4-5-2;2-5-4-1-3/h5-9H,1-4H3,(H,16,19);5H,3-4H2,1-2H3;1H,(H2,3,4). The van der Waals surface area contributed by atoms with Crippen LogP contribution in [0.5, 0.6) is 0 Å². The molecule has 0 aliphatic heterocycles. The van der Waals surface area contributed by atoms with Crippen LogP contribution in [0.1, 0.15) is 50.8 Å². The average Bonchev–Trinajstić information content (AvgIpc) is 3.12. The third-order valence-corrected chi connectivity index (χ3v) is 5.17. The highest BCUT2D eigenvalue weighted by Crippen LogP contribution is 2.22. The maximum atomic E-state index is 12.3. The maximum absolute atomic E-state index is 12.3. The van der Waals surface area contributed by atoms with Crippen molar-refractivity contribution in [1.82, 2.24) is 15.6 Å². The summed E-state index contributed by atoms with van der Waals surface area (Å²) in [5, 5.41) is 5.94. The first kappa shape index (κ1) is 29.6. The second-order valence-electron chi connectivity index (χ2n) is 7.15. The van der Waals surface area contributed by atoms with Gasteiger partial charge in [0.1, 0.15) is 5.60 Å². The number of nitrogens with zero attached hydrogens (tertiary/aromatic N) is 2. The van der Waals surface area contributed by atoms with Crippen LogP contribution in [-0.4, -0.2) is 48.4 Å². The van der Waals surface area contributed by atoms with Crippen LogP contribution in [0.3, 0.4) is 0 Å². The van der Waals surface area contributed by atoms with Gasteiger partial charge in [-0.05, 0) is 59.8 Å². The summed E-state index contributed by atoms with van der Waals surface area (Å²) in [6.07, 6.45) is 1.89. The van der Waals surface area contributed by atoms with E-state index in [1.807, 2.05) is 52.5 Å². The summed E-state index contributed by atoms with van der Waals surface area (Å²) in [4.78, 5) is 28.3. The quantitative estimate of drug-likeness (QED) is 0.145. The van der Waals surface area contributed by atoms with Gasteiger partial charge < -0.3 is 21.1 Å². The summed E-state index contributed by atoms with van der Waals surface area (Å²) in [5.74, 6) is -0.220. The van der Waals surface area contributed by atoms with Crippen molar-refractivity contribution in [1.29, 1.82) is 0 Å². The van der Waals surface area contributed by atoms with Crippen molar-refractivity contribution in [2.24, 2.45) is 10.1 Å². The van der Waals surface area contributed by atoms with E-state index < -0.39 is 17.7 Å². The highest BCUT2D eigenvalue weighted by Gasteiger charge is 2.23. The number of benzene rings is 1. The number of aromatic nitrogens is 1. The number of carbonyl (C=O) groups is 2. The highest BCUT2D eigenvalue weighted by atomic mass is 127. The molecule has 0 fully saturated rings. The maximum Gasteiger partial charge on any atom is 0.408 e. The van der Waals surface area contributed by atoms with Crippen LogP contribution in [-0.2, 0) is 4.74 Å². The lowest BCUT2D eigenvalue weighted by atomic mass is 10.2. The second-order valence-corrected chi connectivity index (χ2v) is 9.71. The Labute approximate surface area is 204 Å². The first-order chi connectivity index (χ1) is 14.6. The normalized spacial score (nSPS) is 11.7. The number of carbonyl (C=O) groups excluding carboxylic acids is 2. The molecule has 0 radical (unpaired) electrons. The number of amides is 1. The van der Waals surface area contributed by atoms with Gasteiger partial charge in [0, 0.05) is 30.3 Å². The van der Waals surface area contributed by atoms with Crippen molar-refractivity contribution < 1.29 is 14.3 Å². The zero-order valence-corrected chi connectivity index (χ0v) is 22.6. The van der Waals surface area contributed by atoms with Crippen LogP contribution in [0.15, 0.2) is 28.7 Å². The van der Waals surface area contributed by atoms with Gasteiger partial charge in [0.15, 0.2) is 5.01 Å². The number of hydrogen-bond acceptors (Lipinski definition) is 8. The molecule has 0 saturated heterocycles. The molecule has 0 aliphatic rings. The Bertz CT molecular complexity index is 789. The Morgan fingerprint density at radius 2 is 2.03 bits per heavy atom. The molecule has 2 aromatic rings. The summed E-state index contributed by atoms with van der Waals surface area (Å²) >= 11 is 3.35. The van der Waals surface area contributed by atoms with Gasteiger partial charge in [0.2, 0.25) is 5.78 Å². The molecule has 11 heteroatoms. The largest absolute Gasteiger partial charge is 0.444 e. The van der Waals surface area contributed by atoms with E-state index in [-0.39, 0.29) is 5.78 Å². The van der Waals surface area contributed by atoms with Crippen LogP contribution in [0.4, 0.5) is 4.79 Å². The smallest absolute Gasteiger partial charge is 0.408 e. The fourth-order valence-electron chi connectivity index (χ4n) is 1.99. The van der Waals surface area contributed by atoms with Crippen molar-refractivity contribution in [2.45, 2.75) is 52.7 Å². The number of ketones is 1. The molecule has 2 rings (SSSR count). The van der Waals surface area contributed by atoms with Gasteiger partial charge >= 0.3 is 6.09 Å². The molecular formula is C20H32IN5O3S2. The number of para-hydroxylation sites is 1. The molecule has 8 nitrogen and oxygen atoms in total. The van der Waals surface area contributed by atoms with Gasteiger partial charge in [-0.1, -0.05) is 19.1 Å². The molecule has 1 amide bonds. The number of Topliss-reactive ketones (excluding diaryl/α,β-unsaturated/α-hetero) is 1. The Kier molecular flexibility index (Phi) is 15.5. The minimum atomic E-state index is -0.680. The fourth-order valence-corrected chi connectivity index (χ4v) is 3.42. The molecule has 1 heterocycles. The molecule has 1 atom stereocenters. The Morgan fingerprint density at radius 3 is 2.45 bits per heavy atom. The molecule has 1 aromatic carbocycles. The molecule has 4 N–H and O–H groups in total. The first-order valence-corrected chi connectivity index (χ1v) is 13.8. The molecule has 0 bridgehead atoms. The van der Waals surface area contributed by atoms with Crippen molar-refractivity contribution in [3.63, 3.8) is 0 Å². The first-order valence-electron chi connectivity index (χ1n) is 9.64. The number of nitrogens with one attached hydrogen (secondary N) is 2. The molecular weight excluding hydrogens is 549 g/mol. The molecule has 1 unspecified atom stereocenters. The van der Waals surface area contributed by atoms with Crippen LogP contribution in [0.25, 0.3) is 10.2 Å². The molecule has 174 valence electrons. The Balaban J connectivity index is 0.000000752. The molecule has 1 aromatic heterocycles. The number of ether oxygens (including phenoxy) is 1. The van der Waals surface area contributed by atoms with E-state index in [4.69, 9.17) is 10.5 Å². The van der Waals surface area contributed by atoms with E-state index in [1.165, 1.54) is 33.2 Å². The van der Waals surface area contributed by atoms with E-state index in [9.17, 15) is 9.59 Å². The molecule has 0 aliphatic carbocycles. The minimum Gasteiger partial charge on any atom is -0.444 e. The van der Waals surface area contributed by atoms with Gasteiger partial charge in [0.05, 0.1) is 22.6 Å². The fraction of sp³-hybridized carbons (Fsp3) is 0.500. The van der Waals surface area contributed by atoms with Crippen LogP contribution in [0.2, 0.25) is 0 Å². The second kappa shape index (κ2) is 16.2. The zero-order valence-electron chi connectivity index (χ0n) is 18.8. The Hall–Kier alpha value is -1.44. The minimum absolute atomic E-state index is 0.220. The topological polar surface area (TPSA) is 119 Å². The van der Waals surface area contributed by atoms with E-state index in [0.717, 1.165) is 16.8 Å². The van der Waals surface area contributed by atoms with Gasteiger partial charge in [-0.15, -0.1) is 11.3 Å². The number of thiazole rings is 1. The van der Waals surface area contributed by atoms with Gasteiger partial charge in [-0.2, -0.15) is 4.40 Å². The van der Waals surface area contributed by atoms with E-state index in [2.05, 4.69) is 26.9 Å². The van der Waals surface area contributed by atoms with Crippen LogP contribution < -0.4 is 16.4 Å². The number of fused-ring (bicyclic) bond motifs is 1. The van der Waals surface area contributed by atoms with E-state index in [0.29, 0.717) is 5.01 Å². The predicted molar refractivity (Wildman–Crippen MR) is 141 cm³/mol.